The summed E-state index contributed by atoms with van der Waals surface area (Å²) in [4.78, 5) is 25.3. The fourth-order valence-electron chi connectivity index (χ4n) is 6.06. The van der Waals surface area contributed by atoms with Crippen LogP contribution in [-0.2, 0) is 9.59 Å². The number of aliphatic hydroxyl groups is 1. The first-order chi connectivity index (χ1) is 10.4. The Hall–Kier alpha value is -1.38. The number of fused-ring (bicyclic) bond motifs is 5. The van der Waals surface area contributed by atoms with Gasteiger partial charge in [0.25, 0.3) is 0 Å². The molecule has 0 aromatic rings. The molecular weight excluding hydrogens is 276 g/mol. The van der Waals surface area contributed by atoms with Gasteiger partial charge in [-0.1, -0.05) is 19.9 Å². The summed E-state index contributed by atoms with van der Waals surface area (Å²) in [7, 11) is 0. The maximum absolute atomic E-state index is 13.0. The molecule has 0 amide bonds. The molecule has 3 saturated carbocycles. The summed E-state index contributed by atoms with van der Waals surface area (Å²) < 4.78 is 0. The monoisotopic (exact) mass is 300 g/mol. The summed E-state index contributed by atoms with van der Waals surface area (Å²) >= 11 is 0. The normalized spacial score (nSPS) is 50.2. The van der Waals surface area contributed by atoms with E-state index in [-0.39, 0.29) is 23.0 Å². The third kappa shape index (κ3) is 1.63. The average molecular weight is 300 g/mol. The van der Waals surface area contributed by atoms with Gasteiger partial charge >= 0.3 is 0 Å². The predicted octanol–water partition coefficient (Wildman–Crippen LogP) is 3.61. The van der Waals surface area contributed by atoms with Crippen LogP contribution < -0.4 is 0 Å². The van der Waals surface area contributed by atoms with Crippen LogP contribution in [0.5, 0.6) is 0 Å². The first-order valence-corrected chi connectivity index (χ1v) is 8.52. The van der Waals surface area contributed by atoms with E-state index in [1.165, 1.54) is 0 Å². The minimum absolute atomic E-state index is 0.0100. The minimum atomic E-state index is -0.405. The van der Waals surface area contributed by atoms with Gasteiger partial charge < -0.3 is 5.11 Å². The fraction of sp³-hybridized carbons (Fsp3) is 0.684. The lowest BCUT2D eigenvalue weighted by molar-refractivity contribution is -0.151. The molecule has 0 aliphatic heterocycles. The third-order valence-electron chi connectivity index (χ3n) is 7.24. The van der Waals surface area contributed by atoms with Crippen molar-refractivity contribution in [3.05, 3.63) is 24.0 Å². The molecule has 118 valence electrons. The van der Waals surface area contributed by atoms with Gasteiger partial charge in [0, 0.05) is 29.6 Å². The Morgan fingerprint density at radius 2 is 1.95 bits per heavy atom. The first-order valence-electron chi connectivity index (χ1n) is 8.52. The summed E-state index contributed by atoms with van der Waals surface area (Å²) in [6.45, 7) is 4.20. The molecule has 22 heavy (non-hydrogen) atoms. The molecular formula is C19H24O3. The van der Waals surface area contributed by atoms with Crippen molar-refractivity contribution in [1.82, 2.24) is 0 Å². The Morgan fingerprint density at radius 3 is 2.73 bits per heavy atom. The maximum Gasteiger partial charge on any atom is 0.139 e. The molecule has 0 saturated heterocycles. The molecule has 6 atom stereocenters. The SMILES string of the molecule is C[C@]12C=CC(O)=CC1CC[C@@H]1[C@@H]2C(=O)C[C@]2(C)C(=O)CC[C@@H]12. The fourth-order valence-corrected chi connectivity index (χ4v) is 6.06. The van der Waals surface area contributed by atoms with E-state index in [1.54, 1.807) is 6.08 Å². The molecule has 1 unspecified atom stereocenters. The minimum Gasteiger partial charge on any atom is -0.508 e. The van der Waals surface area contributed by atoms with Gasteiger partial charge in [-0.15, -0.1) is 0 Å². The Bertz CT molecular complexity index is 616. The highest BCUT2D eigenvalue weighted by Crippen LogP contribution is 2.62. The molecule has 4 aliphatic carbocycles. The third-order valence-corrected chi connectivity index (χ3v) is 7.24. The zero-order valence-electron chi connectivity index (χ0n) is 13.3. The largest absolute Gasteiger partial charge is 0.508 e. The van der Waals surface area contributed by atoms with Crippen LogP contribution in [0.3, 0.4) is 0 Å². The van der Waals surface area contributed by atoms with Crippen molar-refractivity contribution in [2.45, 2.75) is 46.0 Å². The zero-order chi connectivity index (χ0) is 15.7. The molecule has 0 aromatic carbocycles. The number of carbonyl (C=O) groups is 2. The predicted molar refractivity (Wildman–Crippen MR) is 83.1 cm³/mol. The molecule has 0 bridgehead atoms. The Morgan fingerprint density at radius 1 is 1.18 bits per heavy atom. The number of rotatable bonds is 0. The van der Waals surface area contributed by atoms with Crippen LogP contribution in [0.15, 0.2) is 24.0 Å². The van der Waals surface area contributed by atoms with Crippen LogP contribution in [0.25, 0.3) is 0 Å². The lowest BCUT2D eigenvalue weighted by atomic mass is 9.47. The Labute approximate surface area is 131 Å². The summed E-state index contributed by atoms with van der Waals surface area (Å²) in [6.07, 6.45) is 9.76. The van der Waals surface area contributed by atoms with Gasteiger partial charge in [-0.05, 0) is 49.2 Å². The summed E-state index contributed by atoms with van der Waals surface area (Å²) in [6, 6.07) is 0. The number of carbonyl (C=O) groups excluding carboxylic acids is 2. The van der Waals surface area contributed by atoms with Crippen molar-refractivity contribution in [2.24, 2.45) is 34.5 Å². The van der Waals surface area contributed by atoms with Gasteiger partial charge in [0.15, 0.2) is 0 Å². The lowest BCUT2D eigenvalue weighted by Crippen LogP contribution is -2.55. The standard InChI is InChI=1S/C19H24O3/c1-18-8-7-12(20)9-11(18)3-4-13-14-5-6-16(22)19(14,2)10-15(21)17(13)18/h7-9,11,13-14,17,20H,3-6,10H2,1-2H3/t11?,13-,14-,17+,18-,19-/m0/s1. The molecule has 4 aliphatic rings. The lowest BCUT2D eigenvalue weighted by Gasteiger charge is -2.56. The van der Waals surface area contributed by atoms with Gasteiger partial charge in [0.05, 0.1) is 0 Å². The van der Waals surface area contributed by atoms with Crippen LogP contribution in [0.1, 0.15) is 46.0 Å². The topological polar surface area (TPSA) is 54.4 Å². The highest BCUT2D eigenvalue weighted by atomic mass is 16.3. The van der Waals surface area contributed by atoms with Crippen molar-refractivity contribution in [3.8, 4) is 0 Å². The molecule has 1 N–H and O–H groups in total. The van der Waals surface area contributed by atoms with Crippen LogP contribution in [0, 0.1) is 34.5 Å². The van der Waals surface area contributed by atoms with Crippen LogP contribution in [-0.4, -0.2) is 16.7 Å². The van der Waals surface area contributed by atoms with Crippen LogP contribution in [0.4, 0.5) is 0 Å². The van der Waals surface area contributed by atoms with E-state index in [0.717, 1.165) is 19.3 Å². The highest BCUT2D eigenvalue weighted by Gasteiger charge is 2.62. The maximum atomic E-state index is 13.0. The molecule has 3 heteroatoms. The van der Waals surface area contributed by atoms with E-state index in [0.29, 0.717) is 36.2 Å². The summed E-state index contributed by atoms with van der Waals surface area (Å²) in [5.41, 5.74) is -0.600. The van der Waals surface area contributed by atoms with Gasteiger partial charge in [-0.25, -0.2) is 0 Å². The van der Waals surface area contributed by atoms with Gasteiger partial charge in [-0.3, -0.25) is 9.59 Å². The van der Waals surface area contributed by atoms with Gasteiger partial charge in [0.1, 0.15) is 17.3 Å². The van der Waals surface area contributed by atoms with Crippen molar-refractivity contribution in [1.29, 1.82) is 0 Å². The van der Waals surface area contributed by atoms with E-state index in [1.807, 2.05) is 13.0 Å². The van der Waals surface area contributed by atoms with Crippen LogP contribution >= 0.6 is 0 Å². The number of hydrogen-bond donors (Lipinski definition) is 1. The number of Topliss-reactive ketones (excluding diaryl/α,β-unsaturated/α-hetero) is 2. The van der Waals surface area contributed by atoms with E-state index < -0.39 is 5.41 Å². The molecule has 3 nitrogen and oxygen atoms in total. The molecule has 0 radical (unpaired) electrons. The average Bonchev–Trinajstić information content (AvgIpc) is 2.75. The molecule has 3 fully saturated rings. The van der Waals surface area contributed by atoms with E-state index >= 15 is 0 Å². The number of ketones is 2. The quantitative estimate of drug-likeness (QED) is 0.743. The van der Waals surface area contributed by atoms with E-state index in [9.17, 15) is 14.7 Å². The smallest absolute Gasteiger partial charge is 0.139 e. The van der Waals surface area contributed by atoms with Gasteiger partial charge in [0.2, 0.25) is 0 Å². The second kappa shape index (κ2) is 4.33. The Kier molecular flexibility index (Phi) is 2.80. The van der Waals surface area contributed by atoms with Crippen molar-refractivity contribution >= 4 is 11.6 Å². The Balaban J connectivity index is 1.76. The number of aliphatic hydroxyl groups excluding tert-OH is 1. The molecule has 0 heterocycles. The second-order valence-electron chi connectivity index (χ2n) is 8.25. The van der Waals surface area contributed by atoms with Crippen molar-refractivity contribution < 1.29 is 14.7 Å². The number of hydrogen-bond acceptors (Lipinski definition) is 3. The van der Waals surface area contributed by atoms with Crippen molar-refractivity contribution in [2.75, 3.05) is 0 Å². The van der Waals surface area contributed by atoms with Crippen molar-refractivity contribution in [3.63, 3.8) is 0 Å². The summed E-state index contributed by atoms with van der Waals surface area (Å²) in [5.74, 6) is 1.84. The molecule has 4 rings (SSSR count). The highest BCUT2D eigenvalue weighted by molar-refractivity contribution is 5.95. The second-order valence-corrected chi connectivity index (χ2v) is 8.25. The summed E-state index contributed by atoms with van der Waals surface area (Å²) in [5, 5.41) is 9.80. The number of allylic oxidation sites excluding steroid dienone is 3. The van der Waals surface area contributed by atoms with Gasteiger partial charge in [-0.2, -0.15) is 0 Å². The van der Waals surface area contributed by atoms with E-state index in [2.05, 4.69) is 13.0 Å². The van der Waals surface area contributed by atoms with Crippen LogP contribution in [0.2, 0.25) is 0 Å². The zero-order valence-corrected chi connectivity index (χ0v) is 13.3. The molecule has 0 spiro atoms. The first kappa shape index (κ1) is 14.2. The van der Waals surface area contributed by atoms with E-state index in [4.69, 9.17) is 0 Å². The molecule has 0 aromatic heterocycles.